The number of sulfonamides is 1. The maximum absolute atomic E-state index is 13.9. The van der Waals surface area contributed by atoms with E-state index >= 15 is 0 Å². The fourth-order valence-electron chi connectivity index (χ4n) is 4.04. The molecule has 7 nitrogen and oxygen atoms in total. The SMILES string of the molecule is Cc1cccc(N(CC(=O)N(Cc2ccccc2Cl)[C@@H](C)C(=O)NC(C)C)S(=O)(=O)c2ccccc2)c1C. The first-order chi connectivity index (χ1) is 17.9. The lowest BCUT2D eigenvalue weighted by atomic mass is 10.1. The first kappa shape index (κ1) is 29.2. The fraction of sp³-hybridized carbons (Fsp3) is 0.310. The number of nitrogens with one attached hydrogen (secondary N) is 1. The van der Waals surface area contributed by atoms with Crippen molar-refractivity contribution in [1.82, 2.24) is 10.2 Å². The van der Waals surface area contributed by atoms with Crippen LogP contribution in [0.4, 0.5) is 5.69 Å². The van der Waals surface area contributed by atoms with Crippen molar-refractivity contribution in [3.63, 3.8) is 0 Å². The average Bonchev–Trinajstić information content (AvgIpc) is 2.88. The molecule has 0 fully saturated rings. The molecule has 0 saturated carbocycles. The van der Waals surface area contributed by atoms with Crippen LogP contribution in [0.3, 0.4) is 0 Å². The van der Waals surface area contributed by atoms with E-state index in [1.54, 1.807) is 61.5 Å². The van der Waals surface area contributed by atoms with E-state index in [9.17, 15) is 18.0 Å². The highest BCUT2D eigenvalue weighted by Crippen LogP contribution is 2.29. The van der Waals surface area contributed by atoms with Gasteiger partial charge in [0, 0.05) is 17.6 Å². The zero-order chi connectivity index (χ0) is 28.0. The smallest absolute Gasteiger partial charge is 0.264 e. The average molecular weight is 556 g/mol. The number of carbonyl (C=O) groups is 2. The molecule has 0 aromatic heterocycles. The zero-order valence-electron chi connectivity index (χ0n) is 22.3. The molecule has 0 aliphatic heterocycles. The molecular weight excluding hydrogens is 522 g/mol. The van der Waals surface area contributed by atoms with Crippen LogP contribution in [0.2, 0.25) is 5.02 Å². The van der Waals surface area contributed by atoms with E-state index in [4.69, 9.17) is 11.6 Å². The van der Waals surface area contributed by atoms with E-state index in [0.717, 1.165) is 15.4 Å². The van der Waals surface area contributed by atoms with Crippen molar-refractivity contribution in [2.24, 2.45) is 0 Å². The number of carbonyl (C=O) groups excluding carboxylic acids is 2. The third-order valence-electron chi connectivity index (χ3n) is 6.35. The summed E-state index contributed by atoms with van der Waals surface area (Å²) in [6, 6.07) is 19.4. The lowest BCUT2D eigenvalue weighted by Gasteiger charge is -2.33. The molecule has 1 atom stereocenters. The van der Waals surface area contributed by atoms with Gasteiger partial charge in [0.2, 0.25) is 11.8 Å². The molecule has 9 heteroatoms. The largest absolute Gasteiger partial charge is 0.352 e. The van der Waals surface area contributed by atoms with Gasteiger partial charge in [-0.3, -0.25) is 13.9 Å². The van der Waals surface area contributed by atoms with Crippen molar-refractivity contribution < 1.29 is 18.0 Å². The second-order valence-corrected chi connectivity index (χ2v) is 11.8. The maximum Gasteiger partial charge on any atom is 0.264 e. The predicted molar refractivity (Wildman–Crippen MR) is 152 cm³/mol. The van der Waals surface area contributed by atoms with Gasteiger partial charge in [-0.1, -0.05) is 60.1 Å². The maximum atomic E-state index is 13.9. The van der Waals surface area contributed by atoms with Crippen molar-refractivity contribution >= 4 is 39.1 Å². The number of rotatable bonds is 10. The Kier molecular flexibility index (Phi) is 9.57. The third-order valence-corrected chi connectivity index (χ3v) is 8.49. The summed E-state index contributed by atoms with van der Waals surface area (Å²) in [5.41, 5.74) is 2.68. The molecule has 38 heavy (non-hydrogen) atoms. The van der Waals surface area contributed by atoms with Gasteiger partial charge in [0.05, 0.1) is 10.6 Å². The molecular formula is C29H34ClN3O4S. The Hall–Kier alpha value is -3.36. The number of aryl methyl sites for hydroxylation is 1. The van der Waals surface area contributed by atoms with Crippen LogP contribution in [-0.4, -0.2) is 43.8 Å². The first-order valence-corrected chi connectivity index (χ1v) is 14.2. The summed E-state index contributed by atoms with van der Waals surface area (Å²) in [4.78, 5) is 28.4. The lowest BCUT2D eigenvalue weighted by molar-refractivity contribution is -0.139. The van der Waals surface area contributed by atoms with Crippen LogP contribution in [0.5, 0.6) is 0 Å². The Balaban J connectivity index is 2.08. The minimum absolute atomic E-state index is 0.0389. The standard InChI is InChI=1S/C29H34ClN3O4S/c1-20(2)31-29(35)23(5)32(18-24-13-9-10-16-26(24)30)28(34)19-33(27-17-11-12-21(3)22(27)4)38(36,37)25-14-7-6-8-15-25/h6-17,20,23H,18-19H2,1-5H3,(H,31,35)/t23-/m0/s1. The zero-order valence-corrected chi connectivity index (χ0v) is 23.9. The monoisotopic (exact) mass is 555 g/mol. The highest BCUT2D eigenvalue weighted by Gasteiger charge is 2.33. The quantitative estimate of drug-likeness (QED) is 0.377. The number of nitrogens with zero attached hydrogens (tertiary/aromatic N) is 2. The van der Waals surface area contributed by atoms with Gasteiger partial charge in [0.25, 0.3) is 10.0 Å². The second-order valence-electron chi connectivity index (χ2n) is 9.50. The molecule has 202 valence electrons. The molecule has 0 spiro atoms. The van der Waals surface area contributed by atoms with E-state index < -0.39 is 28.5 Å². The first-order valence-electron chi connectivity index (χ1n) is 12.4. The number of anilines is 1. The van der Waals surface area contributed by atoms with Crippen LogP contribution in [-0.2, 0) is 26.2 Å². The van der Waals surface area contributed by atoms with Gasteiger partial charge < -0.3 is 10.2 Å². The van der Waals surface area contributed by atoms with Gasteiger partial charge >= 0.3 is 0 Å². The molecule has 0 bridgehead atoms. The van der Waals surface area contributed by atoms with Gasteiger partial charge in [0.15, 0.2) is 0 Å². The van der Waals surface area contributed by atoms with Crippen LogP contribution in [0.1, 0.15) is 37.5 Å². The molecule has 0 unspecified atom stereocenters. The molecule has 3 aromatic rings. The highest BCUT2D eigenvalue weighted by molar-refractivity contribution is 7.92. The Bertz CT molecular complexity index is 1390. The normalized spacial score (nSPS) is 12.2. The van der Waals surface area contributed by atoms with E-state index in [2.05, 4.69) is 5.32 Å². The third kappa shape index (κ3) is 6.74. The summed E-state index contributed by atoms with van der Waals surface area (Å²) in [6.07, 6.45) is 0. The summed E-state index contributed by atoms with van der Waals surface area (Å²) < 4.78 is 28.9. The van der Waals surface area contributed by atoms with Gasteiger partial charge in [-0.2, -0.15) is 0 Å². The molecule has 0 aliphatic carbocycles. The molecule has 0 aliphatic rings. The minimum Gasteiger partial charge on any atom is -0.352 e. The van der Waals surface area contributed by atoms with Crippen LogP contribution in [0.25, 0.3) is 0 Å². The van der Waals surface area contributed by atoms with Crippen LogP contribution >= 0.6 is 11.6 Å². The summed E-state index contributed by atoms with van der Waals surface area (Å²) in [6.45, 7) is 8.54. The Morgan fingerprint density at radius 1 is 0.895 bits per heavy atom. The molecule has 0 radical (unpaired) electrons. The summed E-state index contributed by atoms with van der Waals surface area (Å²) in [7, 11) is -4.11. The molecule has 0 heterocycles. The molecule has 1 N–H and O–H groups in total. The summed E-state index contributed by atoms with van der Waals surface area (Å²) in [5, 5.41) is 3.29. The van der Waals surface area contributed by atoms with E-state index in [-0.39, 0.29) is 23.4 Å². The van der Waals surface area contributed by atoms with Crippen LogP contribution in [0, 0.1) is 13.8 Å². The Labute approximate surface area is 230 Å². The molecule has 2 amide bonds. The lowest BCUT2D eigenvalue weighted by Crippen LogP contribution is -2.52. The van der Waals surface area contributed by atoms with E-state index in [0.29, 0.717) is 16.3 Å². The van der Waals surface area contributed by atoms with Crippen LogP contribution < -0.4 is 9.62 Å². The van der Waals surface area contributed by atoms with Crippen molar-refractivity contribution in [2.75, 3.05) is 10.8 Å². The minimum atomic E-state index is -4.11. The second kappa shape index (κ2) is 12.5. The summed E-state index contributed by atoms with van der Waals surface area (Å²) >= 11 is 6.39. The van der Waals surface area contributed by atoms with Crippen molar-refractivity contribution in [3.8, 4) is 0 Å². The van der Waals surface area contributed by atoms with Crippen molar-refractivity contribution in [1.29, 1.82) is 0 Å². The topological polar surface area (TPSA) is 86.8 Å². The fourth-order valence-corrected chi connectivity index (χ4v) is 5.72. The van der Waals surface area contributed by atoms with Crippen molar-refractivity contribution in [2.45, 2.75) is 58.1 Å². The van der Waals surface area contributed by atoms with Gasteiger partial charge in [-0.25, -0.2) is 8.42 Å². The molecule has 0 saturated heterocycles. The Morgan fingerprint density at radius 2 is 1.53 bits per heavy atom. The van der Waals surface area contributed by atoms with Gasteiger partial charge in [0.1, 0.15) is 12.6 Å². The number of benzene rings is 3. The summed E-state index contributed by atoms with van der Waals surface area (Å²) in [5.74, 6) is -0.874. The predicted octanol–water partition coefficient (Wildman–Crippen LogP) is 5.09. The Morgan fingerprint density at radius 3 is 2.16 bits per heavy atom. The number of hydrogen-bond donors (Lipinski definition) is 1. The van der Waals surface area contributed by atoms with Crippen molar-refractivity contribution in [3.05, 3.63) is 94.5 Å². The number of halogens is 1. The number of hydrogen-bond acceptors (Lipinski definition) is 4. The number of amides is 2. The molecule has 3 rings (SSSR count). The van der Waals surface area contributed by atoms with E-state index in [1.807, 2.05) is 33.8 Å². The van der Waals surface area contributed by atoms with Gasteiger partial charge in [-0.05, 0) is 75.6 Å². The van der Waals surface area contributed by atoms with Gasteiger partial charge in [-0.15, -0.1) is 0 Å². The molecule has 3 aromatic carbocycles. The highest BCUT2D eigenvalue weighted by atomic mass is 35.5. The van der Waals surface area contributed by atoms with E-state index in [1.165, 1.54) is 17.0 Å². The van der Waals surface area contributed by atoms with Crippen LogP contribution in [0.15, 0.2) is 77.7 Å².